The monoisotopic (exact) mass is 427 g/mol. The van der Waals surface area contributed by atoms with E-state index in [9.17, 15) is 13.6 Å². The quantitative estimate of drug-likeness (QED) is 0.487. The van der Waals surface area contributed by atoms with Crippen LogP contribution in [0.25, 0.3) is 5.70 Å². The molecule has 0 aliphatic heterocycles. The molecule has 0 saturated carbocycles. The van der Waals surface area contributed by atoms with Gasteiger partial charge in [0, 0.05) is 23.7 Å². The van der Waals surface area contributed by atoms with Crippen LogP contribution in [-0.2, 0) is 6.42 Å². The first-order valence-corrected chi connectivity index (χ1v) is 9.75. The lowest BCUT2D eigenvalue weighted by Crippen LogP contribution is -2.76. The number of thiophene rings is 1. The van der Waals surface area contributed by atoms with Gasteiger partial charge in [0.05, 0.1) is 17.5 Å². The van der Waals surface area contributed by atoms with Crippen LogP contribution in [0.3, 0.4) is 0 Å². The number of carbonyl (C=O) groups is 1. The average Bonchev–Trinajstić information content (AvgIpc) is 3.06. The molecule has 2 aromatic rings. The number of rotatable bonds is 8. The highest BCUT2D eigenvalue weighted by molar-refractivity contribution is 7.14. The minimum atomic E-state index is -0.934. The standard InChI is InChI=1S/C19H21ClF2N4OS/c1-10-13(18(25-2)14(20)9-24)7-17(28-10)19(27)26-12(8-23)5-11-3-4-15(21)16(22)6-11/h3-4,6-7,9,12,24-25H,5,8,23H2,1-2H3,(H,26,27)/p+1. The summed E-state index contributed by atoms with van der Waals surface area (Å²) in [7, 11) is 1.81. The number of hydrogen-bond acceptors (Lipinski definition) is 4. The van der Waals surface area contributed by atoms with Crippen molar-refractivity contribution in [1.82, 2.24) is 5.32 Å². The molecule has 1 heterocycles. The van der Waals surface area contributed by atoms with Crippen molar-refractivity contribution in [2.24, 2.45) is 5.73 Å². The van der Waals surface area contributed by atoms with Crippen molar-refractivity contribution >= 4 is 40.8 Å². The number of carbonyl (C=O) groups excluding carboxylic acids is 1. The van der Waals surface area contributed by atoms with Gasteiger partial charge in [-0.2, -0.15) is 0 Å². The zero-order chi connectivity index (χ0) is 20.8. The lowest BCUT2D eigenvalue weighted by atomic mass is 10.1. The SMILES string of the molecule is C[NH2+]C(=C(Cl)C=N)c1cc(C(=O)NC(CN)Cc2ccc(F)c(F)c2)sc1C. The summed E-state index contributed by atoms with van der Waals surface area (Å²) in [5.41, 5.74) is 7.76. The van der Waals surface area contributed by atoms with Gasteiger partial charge in [-0.15, -0.1) is 11.3 Å². The molecule has 1 atom stereocenters. The molecule has 9 heteroatoms. The number of nitrogens with one attached hydrogen (secondary N) is 2. The highest BCUT2D eigenvalue weighted by Crippen LogP contribution is 2.27. The second-order valence-corrected chi connectivity index (χ2v) is 7.80. The van der Waals surface area contributed by atoms with Crippen molar-refractivity contribution in [3.8, 4) is 0 Å². The van der Waals surface area contributed by atoms with Crippen LogP contribution in [-0.4, -0.2) is 31.8 Å². The summed E-state index contributed by atoms with van der Waals surface area (Å²) in [4.78, 5) is 14.0. The minimum Gasteiger partial charge on any atom is -0.347 e. The largest absolute Gasteiger partial charge is 0.347 e. The van der Waals surface area contributed by atoms with Crippen LogP contribution < -0.4 is 16.4 Å². The lowest BCUT2D eigenvalue weighted by Gasteiger charge is -2.16. The van der Waals surface area contributed by atoms with Gasteiger partial charge in [-0.3, -0.25) is 4.79 Å². The molecule has 0 fully saturated rings. The fourth-order valence-electron chi connectivity index (χ4n) is 2.76. The van der Waals surface area contributed by atoms with Crippen LogP contribution in [0, 0.1) is 24.0 Å². The van der Waals surface area contributed by atoms with Crippen LogP contribution in [0.4, 0.5) is 8.78 Å². The number of aryl methyl sites for hydroxylation is 1. The van der Waals surface area contributed by atoms with Gasteiger partial charge in [0.15, 0.2) is 17.3 Å². The summed E-state index contributed by atoms with van der Waals surface area (Å²) in [6.07, 6.45) is 1.34. The molecule has 0 saturated heterocycles. The Morgan fingerprint density at radius 2 is 2.11 bits per heavy atom. The molecule has 150 valence electrons. The van der Waals surface area contributed by atoms with E-state index in [1.54, 1.807) is 11.4 Å². The van der Waals surface area contributed by atoms with Crippen molar-refractivity contribution in [1.29, 1.82) is 5.41 Å². The summed E-state index contributed by atoms with van der Waals surface area (Å²) in [6.45, 7) is 2.02. The highest BCUT2D eigenvalue weighted by atomic mass is 35.5. The van der Waals surface area contributed by atoms with Crippen LogP contribution in [0.2, 0.25) is 0 Å². The highest BCUT2D eigenvalue weighted by Gasteiger charge is 2.21. The van der Waals surface area contributed by atoms with Gasteiger partial charge in [-0.25, -0.2) is 8.78 Å². The van der Waals surface area contributed by atoms with E-state index in [1.165, 1.54) is 17.4 Å². The van der Waals surface area contributed by atoms with E-state index in [-0.39, 0.29) is 23.9 Å². The summed E-state index contributed by atoms with van der Waals surface area (Å²) in [5, 5.41) is 12.2. The Labute approximate surface area is 171 Å². The van der Waals surface area contributed by atoms with Gasteiger partial charge in [0.25, 0.3) is 5.91 Å². The molecule has 1 aromatic heterocycles. The Kier molecular flexibility index (Phi) is 7.82. The van der Waals surface area contributed by atoms with Gasteiger partial charge in [0.2, 0.25) is 0 Å². The third kappa shape index (κ3) is 5.23. The second kappa shape index (κ2) is 9.88. The number of halogens is 3. The molecule has 2 rings (SSSR count). The zero-order valence-corrected chi connectivity index (χ0v) is 17.1. The molecular weight excluding hydrogens is 406 g/mol. The molecule has 0 spiro atoms. The van der Waals surface area contributed by atoms with Crippen molar-refractivity contribution in [2.45, 2.75) is 19.4 Å². The first-order valence-electron chi connectivity index (χ1n) is 8.56. The molecule has 0 bridgehead atoms. The maximum Gasteiger partial charge on any atom is 0.261 e. The van der Waals surface area contributed by atoms with Gasteiger partial charge in [-0.05, 0) is 37.1 Å². The fourth-order valence-corrected chi connectivity index (χ4v) is 3.91. The third-order valence-electron chi connectivity index (χ3n) is 4.19. The van der Waals surface area contributed by atoms with E-state index in [0.29, 0.717) is 16.1 Å². The van der Waals surface area contributed by atoms with E-state index in [4.69, 9.17) is 22.7 Å². The maximum atomic E-state index is 13.4. The number of quaternary nitrogens is 1. The molecule has 1 unspecified atom stereocenters. The second-order valence-electron chi connectivity index (χ2n) is 6.13. The van der Waals surface area contributed by atoms with E-state index in [2.05, 4.69) is 5.32 Å². The Balaban J connectivity index is 2.18. The van der Waals surface area contributed by atoms with Crippen molar-refractivity contribution in [2.75, 3.05) is 13.6 Å². The predicted molar refractivity (Wildman–Crippen MR) is 109 cm³/mol. The normalized spacial score (nSPS) is 13.1. The summed E-state index contributed by atoms with van der Waals surface area (Å²) >= 11 is 7.39. The van der Waals surface area contributed by atoms with Gasteiger partial charge < -0.3 is 21.8 Å². The first kappa shape index (κ1) is 22.2. The number of nitrogens with two attached hydrogens (primary N) is 2. The van der Waals surface area contributed by atoms with Gasteiger partial charge >= 0.3 is 0 Å². The third-order valence-corrected chi connectivity index (χ3v) is 5.55. The molecule has 5 nitrogen and oxygen atoms in total. The van der Waals surface area contributed by atoms with E-state index < -0.39 is 17.7 Å². The molecule has 28 heavy (non-hydrogen) atoms. The summed E-state index contributed by atoms with van der Waals surface area (Å²) < 4.78 is 26.5. The fraction of sp³-hybridized carbons (Fsp3) is 0.263. The molecule has 0 radical (unpaired) electrons. The molecule has 0 aliphatic rings. The Bertz CT molecular complexity index is 913. The van der Waals surface area contributed by atoms with Crippen LogP contribution in [0.1, 0.15) is 25.7 Å². The Hall–Kier alpha value is -2.13. The smallest absolute Gasteiger partial charge is 0.261 e. The number of hydrogen-bond donors (Lipinski definition) is 4. The zero-order valence-electron chi connectivity index (χ0n) is 15.5. The number of benzene rings is 1. The van der Waals surface area contributed by atoms with E-state index in [0.717, 1.165) is 28.8 Å². The number of allylic oxidation sites excluding steroid dienone is 1. The van der Waals surface area contributed by atoms with Gasteiger partial charge in [0.1, 0.15) is 5.03 Å². The number of amides is 1. The van der Waals surface area contributed by atoms with Crippen molar-refractivity contribution < 1.29 is 18.9 Å². The topological polar surface area (TPSA) is 95.6 Å². The average molecular weight is 428 g/mol. The van der Waals surface area contributed by atoms with Crippen LogP contribution >= 0.6 is 22.9 Å². The lowest BCUT2D eigenvalue weighted by molar-refractivity contribution is -0.530. The molecule has 0 aliphatic carbocycles. The van der Waals surface area contributed by atoms with Gasteiger partial charge in [-0.1, -0.05) is 17.7 Å². The molecule has 6 N–H and O–H groups in total. The van der Waals surface area contributed by atoms with E-state index in [1.807, 2.05) is 14.0 Å². The Morgan fingerprint density at radius 1 is 1.39 bits per heavy atom. The first-order chi connectivity index (χ1) is 13.3. The summed E-state index contributed by atoms with van der Waals surface area (Å²) in [6, 6.07) is 4.92. The van der Waals surface area contributed by atoms with Crippen molar-refractivity contribution in [3.05, 3.63) is 61.8 Å². The Morgan fingerprint density at radius 3 is 2.68 bits per heavy atom. The maximum absolute atomic E-state index is 13.4. The van der Waals surface area contributed by atoms with Crippen LogP contribution in [0.15, 0.2) is 29.3 Å². The molecule has 1 amide bonds. The molecular formula is C19H22ClF2N4OS+. The summed E-state index contributed by atoms with van der Waals surface area (Å²) in [5.74, 6) is -2.16. The minimum absolute atomic E-state index is 0.148. The molecule has 1 aromatic carbocycles. The van der Waals surface area contributed by atoms with Crippen molar-refractivity contribution in [3.63, 3.8) is 0 Å². The predicted octanol–water partition coefficient (Wildman–Crippen LogP) is 2.38. The van der Waals surface area contributed by atoms with E-state index >= 15 is 0 Å². The van der Waals surface area contributed by atoms with Crippen LogP contribution in [0.5, 0.6) is 0 Å².